The first kappa shape index (κ1) is 12.2. The summed E-state index contributed by atoms with van der Waals surface area (Å²) in [4.78, 5) is 5.78. The summed E-state index contributed by atoms with van der Waals surface area (Å²) in [5.41, 5.74) is 1.14. The van der Waals surface area contributed by atoms with Gasteiger partial charge in [-0.05, 0) is 20.3 Å². The van der Waals surface area contributed by atoms with Crippen LogP contribution in [-0.2, 0) is 6.54 Å². The molecule has 1 aromatic rings. The maximum atomic E-state index is 5.30. The number of terminal acetylenes is 1. The molecule has 1 aromatic heterocycles. The molecule has 2 nitrogen and oxygen atoms in total. The van der Waals surface area contributed by atoms with Crippen molar-refractivity contribution in [2.75, 3.05) is 0 Å². The quantitative estimate of drug-likeness (QED) is 0.775. The molecule has 0 spiro atoms. The largest absolute Gasteiger partial charge is 0.307 e. The molecular formula is C12H18N2S. The van der Waals surface area contributed by atoms with E-state index in [-0.39, 0.29) is 0 Å². The van der Waals surface area contributed by atoms with Crippen molar-refractivity contribution in [3.05, 3.63) is 15.6 Å². The number of hydrogen-bond acceptors (Lipinski definition) is 3. The minimum absolute atomic E-state index is 0.416. The smallest absolute Gasteiger partial charge is 0.107 e. The van der Waals surface area contributed by atoms with Crippen molar-refractivity contribution >= 4 is 11.3 Å². The van der Waals surface area contributed by atoms with Crippen molar-refractivity contribution in [1.29, 1.82) is 0 Å². The van der Waals surface area contributed by atoms with E-state index in [9.17, 15) is 0 Å². The van der Waals surface area contributed by atoms with Crippen molar-refractivity contribution < 1.29 is 0 Å². The number of thiazole rings is 1. The van der Waals surface area contributed by atoms with Gasteiger partial charge in [0.15, 0.2) is 0 Å². The molecule has 1 heterocycles. The van der Waals surface area contributed by atoms with E-state index in [1.807, 2.05) is 6.92 Å². The lowest BCUT2D eigenvalue weighted by Crippen LogP contribution is -2.27. The molecule has 0 saturated heterocycles. The van der Waals surface area contributed by atoms with Crippen molar-refractivity contribution in [1.82, 2.24) is 10.3 Å². The van der Waals surface area contributed by atoms with Crippen molar-refractivity contribution in [2.24, 2.45) is 0 Å². The lowest BCUT2D eigenvalue weighted by atomic mass is 10.1. The van der Waals surface area contributed by atoms with E-state index in [1.54, 1.807) is 11.3 Å². The average Bonchev–Trinajstić information content (AvgIpc) is 2.53. The van der Waals surface area contributed by atoms with Crippen LogP contribution < -0.4 is 5.32 Å². The van der Waals surface area contributed by atoms with E-state index < -0.39 is 0 Å². The zero-order chi connectivity index (χ0) is 11.3. The van der Waals surface area contributed by atoms with E-state index in [0.717, 1.165) is 30.1 Å². The van der Waals surface area contributed by atoms with Gasteiger partial charge in [0.25, 0.3) is 0 Å². The highest BCUT2D eigenvalue weighted by Crippen LogP contribution is 2.16. The van der Waals surface area contributed by atoms with Crippen LogP contribution in [0.2, 0.25) is 0 Å². The van der Waals surface area contributed by atoms with Gasteiger partial charge in [0.1, 0.15) is 5.01 Å². The molecule has 0 aromatic carbocycles. The molecule has 1 rings (SSSR count). The monoisotopic (exact) mass is 222 g/mol. The van der Waals surface area contributed by atoms with Crippen molar-refractivity contribution in [3.63, 3.8) is 0 Å². The Morgan fingerprint density at radius 3 is 2.73 bits per heavy atom. The van der Waals surface area contributed by atoms with E-state index in [1.165, 1.54) is 4.88 Å². The highest BCUT2D eigenvalue weighted by molar-refractivity contribution is 7.11. The fourth-order valence-electron chi connectivity index (χ4n) is 1.35. The Labute approximate surface area is 96.1 Å². The fourth-order valence-corrected chi connectivity index (χ4v) is 2.23. The summed E-state index contributed by atoms with van der Waals surface area (Å²) in [5.74, 6) is 2.69. The second-order valence-corrected chi connectivity index (χ2v) is 4.93. The van der Waals surface area contributed by atoms with Gasteiger partial charge in [-0.15, -0.1) is 23.7 Å². The maximum absolute atomic E-state index is 5.30. The van der Waals surface area contributed by atoms with Gasteiger partial charge >= 0.3 is 0 Å². The van der Waals surface area contributed by atoms with Crippen LogP contribution in [0.15, 0.2) is 0 Å². The molecule has 1 atom stereocenters. The summed E-state index contributed by atoms with van der Waals surface area (Å²) in [6.07, 6.45) is 7.15. The molecule has 0 aliphatic carbocycles. The maximum Gasteiger partial charge on any atom is 0.107 e. The minimum atomic E-state index is 0.416. The van der Waals surface area contributed by atoms with Gasteiger partial charge in [0.05, 0.1) is 5.69 Å². The Morgan fingerprint density at radius 1 is 1.53 bits per heavy atom. The first-order valence-corrected chi connectivity index (χ1v) is 6.08. The van der Waals surface area contributed by atoms with Crippen LogP contribution in [0.3, 0.4) is 0 Å². The standard InChI is InChI=1S/C12H18N2S/c1-5-7-11(6-2)13-8-12-14-9(3)10(4)15-12/h1,11,13H,6-8H2,2-4H3. The molecule has 3 heteroatoms. The molecule has 0 amide bonds. The SMILES string of the molecule is C#CCC(CC)NCc1nc(C)c(C)s1. The molecule has 1 N–H and O–H groups in total. The minimum Gasteiger partial charge on any atom is -0.307 e. The third-order valence-corrected chi connectivity index (χ3v) is 3.54. The summed E-state index contributed by atoms with van der Waals surface area (Å²) in [7, 11) is 0. The number of nitrogens with zero attached hydrogens (tertiary/aromatic N) is 1. The summed E-state index contributed by atoms with van der Waals surface area (Å²) in [5, 5.41) is 4.59. The molecule has 0 radical (unpaired) electrons. The van der Waals surface area contributed by atoms with E-state index >= 15 is 0 Å². The Bertz CT molecular complexity index is 329. The van der Waals surface area contributed by atoms with Crippen molar-refractivity contribution in [3.8, 4) is 12.3 Å². The van der Waals surface area contributed by atoms with E-state index in [0.29, 0.717) is 6.04 Å². The number of hydrogen-bond donors (Lipinski definition) is 1. The molecule has 1 unspecified atom stereocenters. The van der Waals surface area contributed by atoms with E-state index in [4.69, 9.17) is 6.42 Å². The third-order valence-electron chi connectivity index (χ3n) is 2.47. The number of rotatable bonds is 5. The lowest BCUT2D eigenvalue weighted by molar-refractivity contribution is 0.506. The Balaban J connectivity index is 2.46. The molecule has 0 fully saturated rings. The highest BCUT2D eigenvalue weighted by atomic mass is 32.1. The predicted octanol–water partition coefficient (Wildman–Crippen LogP) is 2.65. The summed E-state index contributed by atoms with van der Waals surface area (Å²) >= 11 is 1.76. The molecule has 82 valence electrons. The molecule has 0 aliphatic rings. The van der Waals surface area contributed by atoms with Crippen LogP contribution >= 0.6 is 11.3 Å². The first-order valence-electron chi connectivity index (χ1n) is 5.27. The Morgan fingerprint density at radius 2 is 2.27 bits per heavy atom. The Hall–Kier alpha value is -0.850. The van der Waals surface area contributed by atoms with Gasteiger partial charge in [-0.1, -0.05) is 6.92 Å². The zero-order valence-electron chi connectivity index (χ0n) is 9.63. The Kier molecular flexibility index (Phi) is 4.80. The fraction of sp³-hybridized carbons (Fsp3) is 0.583. The topological polar surface area (TPSA) is 24.9 Å². The van der Waals surface area contributed by atoms with Gasteiger partial charge in [-0.3, -0.25) is 0 Å². The number of aromatic nitrogens is 1. The normalized spacial score (nSPS) is 12.4. The van der Waals surface area contributed by atoms with Gasteiger partial charge in [0.2, 0.25) is 0 Å². The second-order valence-electron chi connectivity index (χ2n) is 3.64. The molecule has 15 heavy (non-hydrogen) atoms. The highest BCUT2D eigenvalue weighted by Gasteiger charge is 2.07. The zero-order valence-corrected chi connectivity index (χ0v) is 10.4. The molecule has 0 bridgehead atoms. The second kappa shape index (κ2) is 5.89. The molecule has 0 saturated carbocycles. The van der Waals surface area contributed by atoms with Crippen LogP contribution in [0.5, 0.6) is 0 Å². The lowest BCUT2D eigenvalue weighted by Gasteiger charge is -2.12. The van der Waals surface area contributed by atoms with Crippen LogP contribution in [0, 0.1) is 26.2 Å². The third kappa shape index (κ3) is 3.65. The molecule has 0 aliphatic heterocycles. The van der Waals surface area contributed by atoms with Gasteiger partial charge in [-0.25, -0.2) is 4.98 Å². The van der Waals surface area contributed by atoms with Crippen LogP contribution in [0.4, 0.5) is 0 Å². The van der Waals surface area contributed by atoms with Crippen LogP contribution in [0.1, 0.15) is 35.3 Å². The van der Waals surface area contributed by atoms with Crippen LogP contribution in [0.25, 0.3) is 0 Å². The van der Waals surface area contributed by atoms with Crippen LogP contribution in [-0.4, -0.2) is 11.0 Å². The van der Waals surface area contributed by atoms with Gasteiger partial charge in [-0.2, -0.15) is 0 Å². The number of nitrogens with one attached hydrogen (secondary N) is 1. The van der Waals surface area contributed by atoms with Gasteiger partial charge in [0, 0.05) is 23.9 Å². The van der Waals surface area contributed by atoms with Crippen molar-refractivity contribution in [2.45, 2.75) is 46.2 Å². The number of aryl methyl sites for hydroxylation is 2. The average molecular weight is 222 g/mol. The van der Waals surface area contributed by atoms with Gasteiger partial charge < -0.3 is 5.32 Å². The summed E-state index contributed by atoms with van der Waals surface area (Å²) < 4.78 is 0. The van der Waals surface area contributed by atoms with E-state index in [2.05, 4.69) is 30.1 Å². The predicted molar refractivity (Wildman–Crippen MR) is 66.0 cm³/mol. The molecular weight excluding hydrogens is 204 g/mol. The summed E-state index contributed by atoms with van der Waals surface area (Å²) in [6.45, 7) is 7.14. The summed E-state index contributed by atoms with van der Waals surface area (Å²) in [6, 6.07) is 0.416. The first-order chi connectivity index (χ1) is 7.17.